The lowest BCUT2D eigenvalue weighted by atomic mass is 10.2. The smallest absolute Gasteiger partial charge is 0.199 e. The summed E-state index contributed by atoms with van der Waals surface area (Å²) in [6.07, 6.45) is 0. The molecule has 4 nitrogen and oxygen atoms in total. The molecule has 1 aromatic carbocycles. The molecule has 0 unspecified atom stereocenters. The largest absolute Gasteiger partial charge is 0.275 e. The zero-order valence-corrected chi connectivity index (χ0v) is 13.0. The summed E-state index contributed by atoms with van der Waals surface area (Å²) in [4.78, 5) is 4.20. The molecule has 2 aromatic heterocycles. The molecule has 7 heteroatoms. The lowest BCUT2D eigenvalue weighted by Crippen LogP contribution is -2.01. The van der Waals surface area contributed by atoms with Crippen LogP contribution in [-0.2, 0) is 0 Å². The van der Waals surface area contributed by atoms with E-state index in [1.54, 1.807) is 16.5 Å². The summed E-state index contributed by atoms with van der Waals surface area (Å²) in [5.41, 5.74) is 2.74. The van der Waals surface area contributed by atoms with Crippen LogP contribution in [0.25, 0.3) is 17.0 Å². The zero-order valence-electron chi connectivity index (χ0n) is 10.7. The summed E-state index contributed by atoms with van der Waals surface area (Å²) in [5, 5.41) is 8.42. The van der Waals surface area contributed by atoms with E-state index < -0.39 is 0 Å². The molecule has 0 aliphatic carbocycles. The Labute approximate surface area is 127 Å². The molecule has 0 saturated carbocycles. The maximum atomic E-state index is 13.7. The van der Waals surface area contributed by atoms with Crippen molar-refractivity contribution in [2.75, 3.05) is 0 Å². The minimum Gasteiger partial charge on any atom is -0.275 e. The van der Waals surface area contributed by atoms with Crippen molar-refractivity contribution in [3.05, 3.63) is 45.0 Å². The van der Waals surface area contributed by atoms with E-state index in [1.165, 1.54) is 6.07 Å². The second-order valence-electron chi connectivity index (χ2n) is 4.38. The number of rotatable bonds is 1. The van der Waals surface area contributed by atoms with Crippen LogP contribution in [0.2, 0.25) is 5.15 Å². The molecule has 0 radical (unpaired) electrons. The van der Waals surface area contributed by atoms with Crippen LogP contribution in [0, 0.1) is 19.7 Å². The summed E-state index contributed by atoms with van der Waals surface area (Å²) in [6, 6.07) is 4.81. The quantitative estimate of drug-likeness (QED) is 0.663. The number of nitrogens with zero attached hydrogens (tertiary/aromatic N) is 4. The van der Waals surface area contributed by atoms with E-state index in [4.69, 9.17) is 11.6 Å². The van der Waals surface area contributed by atoms with Crippen LogP contribution in [0.4, 0.5) is 4.39 Å². The van der Waals surface area contributed by atoms with E-state index in [0.29, 0.717) is 21.5 Å². The molecule has 3 rings (SSSR count). The van der Waals surface area contributed by atoms with Crippen molar-refractivity contribution in [3.8, 4) is 11.4 Å². The van der Waals surface area contributed by atoms with E-state index in [0.717, 1.165) is 11.4 Å². The van der Waals surface area contributed by atoms with Crippen LogP contribution >= 0.6 is 27.5 Å². The van der Waals surface area contributed by atoms with Gasteiger partial charge in [0.05, 0.1) is 10.2 Å². The first kappa shape index (κ1) is 13.5. The summed E-state index contributed by atoms with van der Waals surface area (Å²) < 4.78 is 15.9. The van der Waals surface area contributed by atoms with E-state index >= 15 is 0 Å². The van der Waals surface area contributed by atoms with Crippen LogP contribution in [0.15, 0.2) is 22.7 Å². The topological polar surface area (TPSA) is 43.1 Å². The number of halogens is 3. The highest BCUT2D eigenvalue weighted by molar-refractivity contribution is 9.10. The second-order valence-corrected chi connectivity index (χ2v) is 5.60. The van der Waals surface area contributed by atoms with Gasteiger partial charge in [-0.2, -0.15) is 0 Å². The standard InChI is InChI=1S/C13H9BrClFN4/c1-6-7(2)20-12(18-19-13(20)11(15)17-6)8-3-4-9(14)10(16)5-8/h3-5H,1-2H3. The molecule has 0 aliphatic heterocycles. The Morgan fingerprint density at radius 3 is 2.70 bits per heavy atom. The highest BCUT2D eigenvalue weighted by atomic mass is 79.9. The van der Waals surface area contributed by atoms with Gasteiger partial charge in [-0.15, -0.1) is 10.2 Å². The third kappa shape index (κ3) is 1.99. The summed E-state index contributed by atoms with van der Waals surface area (Å²) >= 11 is 9.21. The average molecular weight is 356 g/mol. The maximum Gasteiger partial charge on any atom is 0.199 e. The Balaban J connectivity index is 2.34. The molecule has 102 valence electrons. The average Bonchev–Trinajstić information content (AvgIpc) is 2.85. The maximum absolute atomic E-state index is 13.7. The third-order valence-corrected chi connectivity index (χ3v) is 4.05. The number of fused-ring (bicyclic) bond motifs is 1. The van der Waals surface area contributed by atoms with Gasteiger partial charge in [0.15, 0.2) is 16.6 Å². The first-order valence-electron chi connectivity index (χ1n) is 5.82. The highest BCUT2D eigenvalue weighted by Crippen LogP contribution is 2.27. The Morgan fingerprint density at radius 1 is 1.25 bits per heavy atom. The second kappa shape index (κ2) is 4.79. The first-order valence-corrected chi connectivity index (χ1v) is 6.99. The molecule has 0 saturated heterocycles. The van der Waals surface area contributed by atoms with Crippen LogP contribution in [0.3, 0.4) is 0 Å². The molecular weight excluding hydrogens is 347 g/mol. The van der Waals surface area contributed by atoms with Crippen molar-refractivity contribution >= 4 is 33.2 Å². The van der Waals surface area contributed by atoms with Crippen molar-refractivity contribution in [1.29, 1.82) is 0 Å². The van der Waals surface area contributed by atoms with Crippen molar-refractivity contribution in [2.24, 2.45) is 0 Å². The Kier molecular flexibility index (Phi) is 3.22. The van der Waals surface area contributed by atoms with Gasteiger partial charge >= 0.3 is 0 Å². The SMILES string of the molecule is Cc1nc(Cl)c2nnc(-c3ccc(Br)c(F)c3)n2c1C. The van der Waals surface area contributed by atoms with E-state index in [-0.39, 0.29) is 11.0 Å². The minimum atomic E-state index is -0.353. The monoisotopic (exact) mass is 354 g/mol. The van der Waals surface area contributed by atoms with Crippen molar-refractivity contribution in [2.45, 2.75) is 13.8 Å². The summed E-state index contributed by atoms with van der Waals surface area (Å²) in [6.45, 7) is 3.75. The van der Waals surface area contributed by atoms with Gasteiger partial charge in [0.2, 0.25) is 0 Å². The molecule has 0 N–H and O–H groups in total. The van der Waals surface area contributed by atoms with Crippen molar-refractivity contribution in [3.63, 3.8) is 0 Å². The van der Waals surface area contributed by atoms with Crippen LogP contribution in [0.1, 0.15) is 11.4 Å². The van der Waals surface area contributed by atoms with Gasteiger partial charge in [-0.1, -0.05) is 11.6 Å². The lowest BCUT2D eigenvalue weighted by molar-refractivity contribution is 0.621. The molecule has 2 heterocycles. The molecule has 0 spiro atoms. The number of aromatic nitrogens is 4. The number of aryl methyl sites for hydroxylation is 2. The molecular formula is C13H9BrClFN4. The highest BCUT2D eigenvalue weighted by Gasteiger charge is 2.16. The molecule has 0 atom stereocenters. The Hall–Kier alpha value is -1.53. The van der Waals surface area contributed by atoms with Crippen LogP contribution < -0.4 is 0 Å². The van der Waals surface area contributed by atoms with Gasteiger partial charge in [-0.05, 0) is 48.0 Å². The third-order valence-electron chi connectivity index (χ3n) is 3.15. The van der Waals surface area contributed by atoms with Crippen molar-refractivity contribution in [1.82, 2.24) is 19.6 Å². The van der Waals surface area contributed by atoms with Gasteiger partial charge < -0.3 is 0 Å². The van der Waals surface area contributed by atoms with E-state index in [9.17, 15) is 4.39 Å². The minimum absolute atomic E-state index is 0.282. The summed E-state index contributed by atoms with van der Waals surface area (Å²) in [7, 11) is 0. The molecule has 0 fully saturated rings. The predicted octanol–water partition coefficient (Wildman–Crippen LogP) is 3.96. The van der Waals surface area contributed by atoms with Gasteiger partial charge in [0.25, 0.3) is 0 Å². The number of hydrogen-bond acceptors (Lipinski definition) is 3. The van der Waals surface area contributed by atoms with Crippen LogP contribution in [-0.4, -0.2) is 19.6 Å². The van der Waals surface area contributed by atoms with E-state index in [2.05, 4.69) is 31.1 Å². The fraction of sp³-hybridized carbons (Fsp3) is 0.154. The van der Waals surface area contributed by atoms with Crippen LogP contribution in [0.5, 0.6) is 0 Å². The molecule has 0 bridgehead atoms. The van der Waals surface area contributed by atoms with Gasteiger partial charge in [0, 0.05) is 11.3 Å². The van der Waals surface area contributed by atoms with Crippen molar-refractivity contribution < 1.29 is 4.39 Å². The lowest BCUT2D eigenvalue weighted by Gasteiger charge is -2.07. The summed E-state index contributed by atoms with van der Waals surface area (Å²) in [5.74, 6) is 0.185. The van der Waals surface area contributed by atoms with E-state index in [1.807, 2.05) is 13.8 Å². The molecule has 0 aliphatic rings. The fourth-order valence-electron chi connectivity index (χ4n) is 2.00. The fourth-order valence-corrected chi connectivity index (χ4v) is 2.49. The molecule has 3 aromatic rings. The number of benzene rings is 1. The zero-order chi connectivity index (χ0) is 14.4. The Morgan fingerprint density at radius 2 is 2.00 bits per heavy atom. The normalized spacial score (nSPS) is 11.2. The first-order chi connectivity index (χ1) is 9.49. The number of hydrogen-bond donors (Lipinski definition) is 0. The molecule has 20 heavy (non-hydrogen) atoms. The Bertz CT molecular complexity index is 831. The van der Waals surface area contributed by atoms with Gasteiger partial charge in [-0.3, -0.25) is 4.40 Å². The van der Waals surface area contributed by atoms with Gasteiger partial charge in [-0.25, -0.2) is 9.37 Å². The predicted molar refractivity (Wildman–Crippen MR) is 78.4 cm³/mol. The van der Waals surface area contributed by atoms with Gasteiger partial charge in [0.1, 0.15) is 5.82 Å². The molecule has 0 amide bonds.